The highest BCUT2D eigenvalue weighted by Gasteiger charge is 2.23. The van der Waals surface area contributed by atoms with Crippen molar-refractivity contribution in [2.75, 3.05) is 0 Å². The van der Waals surface area contributed by atoms with Crippen molar-refractivity contribution < 1.29 is 0 Å². The van der Waals surface area contributed by atoms with Crippen LogP contribution in [0.3, 0.4) is 0 Å². The lowest BCUT2D eigenvalue weighted by Gasteiger charge is -2.19. The first kappa shape index (κ1) is 31.2. The quantitative estimate of drug-likeness (QED) is 0.192. The van der Waals surface area contributed by atoms with Gasteiger partial charge in [0.05, 0.1) is 38.9 Å². The molecule has 0 amide bonds. The third-order valence-electron chi connectivity index (χ3n) is 10.1. The third kappa shape index (κ3) is 4.80. The predicted molar refractivity (Wildman–Crippen MR) is 207 cm³/mol. The molecule has 0 aliphatic rings. The van der Waals surface area contributed by atoms with E-state index in [0.29, 0.717) is 16.8 Å². The minimum absolute atomic E-state index is 0.0102. The van der Waals surface area contributed by atoms with Crippen LogP contribution in [0.2, 0.25) is 0 Å². The Kier molecular flexibility index (Phi) is 7.00. The number of hydrogen-bond donors (Lipinski definition) is 0. The first-order valence-corrected chi connectivity index (χ1v) is 17.2. The van der Waals surface area contributed by atoms with Crippen LogP contribution < -0.4 is 0 Å². The third-order valence-corrected chi connectivity index (χ3v) is 10.1. The van der Waals surface area contributed by atoms with Crippen molar-refractivity contribution in [3.63, 3.8) is 0 Å². The van der Waals surface area contributed by atoms with Crippen molar-refractivity contribution in [1.82, 2.24) is 9.13 Å². The second kappa shape index (κ2) is 11.2. The van der Waals surface area contributed by atoms with Crippen LogP contribution in [-0.2, 0) is 10.8 Å². The molecule has 0 atom stereocenters. The summed E-state index contributed by atoms with van der Waals surface area (Å²) in [6, 6.07) is 47.6. The zero-order chi connectivity index (χ0) is 34.9. The molecule has 0 saturated carbocycles. The minimum atomic E-state index is -0.0565. The molecule has 2 heterocycles. The Morgan fingerprint density at radius 1 is 0.500 bits per heavy atom. The summed E-state index contributed by atoms with van der Waals surface area (Å²) in [4.78, 5) is 0. The molecule has 0 unspecified atom stereocenters. The summed E-state index contributed by atoms with van der Waals surface area (Å²) >= 11 is 0. The zero-order valence-corrected chi connectivity index (χ0v) is 29.3. The van der Waals surface area contributed by atoms with Crippen LogP contribution in [0.5, 0.6) is 0 Å². The fourth-order valence-corrected chi connectivity index (χ4v) is 7.49. The second-order valence-electron chi connectivity index (χ2n) is 15.3. The SMILES string of the molecule is CC(C)(C)c1ccc2c(c1)c1cc(-c3cccc4c3c3cc(C(C)(C)C)ccc3n4-c3cccc(C#N)c3C#N)ccc1n2-c1ccccc1. The number of para-hydroxylation sites is 1. The van der Waals surface area contributed by atoms with Crippen molar-refractivity contribution in [2.24, 2.45) is 0 Å². The van der Waals surface area contributed by atoms with Crippen LogP contribution >= 0.6 is 0 Å². The van der Waals surface area contributed by atoms with Crippen molar-refractivity contribution in [2.45, 2.75) is 52.4 Å². The molecule has 0 spiro atoms. The Morgan fingerprint density at radius 2 is 1.10 bits per heavy atom. The van der Waals surface area contributed by atoms with Crippen molar-refractivity contribution in [1.29, 1.82) is 10.5 Å². The molecule has 4 nitrogen and oxygen atoms in total. The Morgan fingerprint density at radius 3 is 1.74 bits per heavy atom. The normalized spacial score (nSPS) is 12.2. The molecular weight excluding hydrogens is 609 g/mol. The molecule has 6 aromatic carbocycles. The van der Waals surface area contributed by atoms with Crippen LogP contribution in [0.15, 0.2) is 121 Å². The average molecular weight is 647 g/mol. The van der Waals surface area contributed by atoms with Gasteiger partial charge in [-0.2, -0.15) is 10.5 Å². The fourth-order valence-electron chi connectivity index (χ4n) is 7.49. The van der Waals surface area contributed by atoms with Gasteiger partial charge in [-0.15, -0.1) is 0 Å². The molecule has 4 heteroatoms. The highest BCUT2D eigenvalue weighted by molar-refractivity contribution is 6.17. The Bertz CT molecular complexity index is 2730. The van der Waals surface area contributed by atoms with Gasteiger partial charge in [-0.25, -0.2) is 0 Å². The zero-order valence-electron chi connectivity index (χ0n) is 29.3. The lowest BCUT2D eigenvalue weighted by Crippen LogP contribution is -2.10. The summed E-state index contributed by atoms with van der Waals surface area (Å²) in [6.07, 6.45) is 0. The van der Waals surface area contributed by atoms with Crippen LogP contribution in [-0.4, -0.2) is 9.13 Å². The van der Waals surface area contributed by atoms with E-state index >= 15 is 0 Å². The summed E-state index contributed by atoms with van der Waals surface area (Å²) < 4.78 is 4.53. The smallest absolute Gasteiger partial charge is 0.103 e. The van der Waals surface area contributed by atoms with Crippen molar-refractivity contribution in [3.05, 3.63) is 144 Å². The molecule has 0 bridgehead atoms. The van der Waals surface area contributed by atoms with E-state index in [0.717, 1.165) is 44.1 Å². The van der Waals surface area contributed by atoms with Gasteiger partial charge in [-0.1, -0.05) is 96.1 Å². The molecule has 0 aliphatic carbocycles. The predicted octanol–water partition coefficient (Wildman–Crippen LogP) is 11.9. The topological polar surface area (TPSA) is 57.4 Å². The van der Waals surface area contributed by atoms with Crippen LogP contribution in [0.1, 0.15) is 63.8 Å². The van der Waals surface area contributed by atoms with Crippen LogP contribution in [0.25, 0.3) is 66.1 Å². The van der Waals surface area contributed by atoms with E-state index in [2.05, 4.69) is 166 Å². The Balaban J connectivity index is 1.48. The molecule has 0 aliphatic heterocycles. The standard InChI is InChI=1S/C46H38N4/c1-45(2,3)31-19-22-41-36(25-31)35-24-29(18-21-40(35)49(41)33-13-8-7-9-14-33)34-15-11-17-43-44(34)37-26-32(46(4,5)6)20-23-42(37)50(43)39-16-10-12-30(27-47)38(39)28-48/h7-26H,1-6H3. The van der Waals surface area contributed by atoms with Gasteiger partial charge in [0.15, 0.2) is 0 Å². The first-order valence-electron chi connectivity index (χ1n) is 17.2. The van der Waals surface area contributed by atoms with Gasteiger partial charge < -0.3 is 9.13 Å². The molecular formula is C46H38N4. The van der Waals surface area contributed by atoms with Gasteiger partial charge in [-0.05, 0) is 99.8 Å². The summed E-state index contributed by atoms with van der Waals surface area (Å²) in [7, 11) is 0. The molecule has 0 fully saturated rings. The molecule has 8 aromatic rings. The minimum Gasteiger partial charge on any atom is -0.309 e. The van der Waals surface area contributed by atoms with Crippen LogP contribution in [0, 0.1) is 22.7 Å². The van der Waals surface area contributed by atoms with Crippen molar-refractivity contribution >= 4 is 43.6 Å². The fraction of sp³-hybridized carbons (Fsp3) is 0.174. The van der Waals surface area contributed by atoms with E-state index in [9.17, 15) is 10.5 Å². The Labute approximate surface area is 293 Å². The average Bonchev–Trinajstić information content (AvgIpc) is 3.62. The molecule has 8 rings (SSSR count). The lowest BCUT2D eigenvalue weighted by atomic mass is 9.86. The summed E-state index contributed by atoms with van der Waals surface area (Å²) in [5.41, 5.74) is 11.7. The number of nitriles is 2. The molecule has 242 valence electrons. The maximum absolute atomic E-state index is 10.3. The van der Waals surface area contributed by atoms with Gasteiger partial charge in [0.25, 0.3) is 0 Å². The van der Waals surface area contributed by atoms with Gasteiger partial charge in [0.1, 0.15) is 12.1 Å². The monoisotopic (exact) mass is 646 g/mol. The van der Waals surface area contributed by atoms with E-state index in [1.54, 1.807) is 6.07 Å². The first-order chi connectivity index (χ1) is 24.0. The molecule has 0 radical (unpaired) electrons. The van der Waals surface area contributed by atoms with Gasteiger partial charge >= 0.3 is 0 Å². The number of hydrogen-bond acceptors (Lipinski definition) is 2. The Hall–Kier alpha value is -6.10. The molecule has 0 saturated heterocycles. The molecule has 0 N–H and O–H groups in total. The number of aromatic nitrogens is 2. The van der Waals surface area contributed by atoms with E-state index < -0.39 is 0 Å². The number of benzene rings is 6. The summed E-state index contributed by atoms with van der Waals surface area (Å²) in [5, 5.41) is 24.9. The number of rotatable bonds is 3. The van der Waals surface area contributed by atoms with E-state index in [1.807, 2.05) is 12.1 Å². The van der Waals surface area contributed by atoms with E-state index in [1.165, 1.54) is 27.4 Å². The molecule has 2 aromatic heterocycles. The highest BCUT2D eigenvalue weighted by atomic mass is 15.0. The number of nitrogens with zero attached hydrogens (tertiary/aromatic N) is 4. The summed E-state index contributed by atoms with van der Waals surface area (Å²) in [6.45, 7) is 13.5. The largest absolute Gasteiger partial charge is 0.309 e. The maximum Gasteiger partial charge on any atom is 0.103 e. The van der Waals surface area contributed by atoms with Gasteiger partial charge in [0, 0.05) is 27.2 Å². The van der Waals surface area contributed by atoms with E-state index in [-0.39, 0.29) is 10.8 Å². The van der Waals surface area contributed by atoms with Gasteiger partial charge in [0.2, 0.25) is 0 Å². The van der Waals surface area contributed by atoms with E-state index in [4.69, 9.17) is 0 Å². The highest BCUT2D eigenvalue weighted by Crippen LogP contribution is 2.43. The van der Waals surface area contributed by atoms with Gasteiger partial charge in [-0.3, -0.25) is 0 Å². The maximum atomic E-state index is 10.3. The lowest BCUT2D eigenvalue weighted by molar-refractivity contribution is 0.591. The second-order valence-corrected chi connectivity index (χ2v) is 15.3. The van der Waals surface area contributed by atoms with Crippen molar-refractivity contribution in [3.8, 4) is 34.6 Å². The van der Waals surface area contributed by atoms with Crippen LogP contribution in [0.4, 0.5) is 0 Å². The molecule has 50 heavy (non-hydrogen) atoms. The summed E-state index contributed by atoms with van der Waals surface area (Å²) in [5.74, 6) is 0. The number of fused-ring (bicyclic) bond motifs is 6.